The van der Waals surface area contributed by atoms with Gasteiger partial charge in [0.25, 0.3) is 11.6 Å². The molecule has 0 spiro atoms. The largest absolute Gasteiger partial charge is 0.492 e. The van der Waals surface area contributed by atoms with Gasteiger partial charge in [-0.25, -0.2) is 9.96 Å². The summed E-state index contributed by atoms with van der Waals surface area (Å²) in [4.78, 5) is 45.7. The molecule has 2 saturated heterocycles. The van der Waals surface area contributed by atoms with Crippen LogP contribution in [0.2, 0.25) is 0 Å². The third-order valence-corrected chi connectivity index (χ3v) is 5.98. The molecule has 0 saturated carbocycles. The van der Waals surface area contributed by atoms with Crippen LogP contribution in [0.5, 0.6) is 5.75 Å². The van der Waals surface area contributed by atoms with Gasteiger partial charge in [-0.15, -0.1) is 0 Å². The van der Waals surface area contributed by atoms with E-state index in [-0.39, 0.29) is 5.69 Å². The van der Waals surface area contributed by atoms with Crippen molar-refractivity contribution in [2.75, 3.05) is 16.6 Å². The number of hydroxylamine groups is 1. The molecular weight excluding hydrogens is 438 g/mol. The van der Waals surface area contributed by atoms with Crippen molar-refractivity contribution in [3.8, 4) is 5.75 Å². The summed E-state index contributed by atoms with van der Waals surface area (Å²) in [5.41, 5.74) is 1.06. The third-order valence-electron chi connectivity index (χ3n) is 5.98. The Bertz CT molecular complexity index is 1260. The summed E-state index contributed by atoms with van der Waals surface area (Å²) in [6, 6.07) is 21.0. The zero-order valence-corrected chi connectivity index (χ0v) is 18.2. The van der Waals surface area contributed by atoms with Crippen molar-refractivity contribution in [1.29, 1.82) is 0 Å². The monoisotopic (exact) mass is 459 g/mol. The van der Waals surface area contributed by atoms with Crippen LogP contribution in [0.4, 0.5) is 17.1 Å². The second kappa shape index (κ2) is 8.60. The van der Waals surface area contributed by atoms with Crippen LogP contribution in [-0.4, -0.2) is 29.4 Å². The molecule has 0 unspecified atom stereocenters. The van der Waals surface area contributed by atoms with Gasteiger partial charge in [-0.05, 0) is 37.3 Å². The molecule has 0 N–H and O–H groups in total. The van der Waals surface area contributed by atoms with E-state index in [4.69, 9.17) is 9.57 Å². The van der Waals surface area contributed by atoms with Crippen molar-refractivity contribution < 1.29 is 24.1 Å². The molecule has 9 heteroatoms. The highest BCUT2D eigenvalue weighted by Crippen LogP contribution is 2.50. The first kappa shape index (κ1) is 21.6. The zero-order valence-electron chi connectivity index (χ0n) is 18.2. The number of rotatable bonds is 6. The number of imide groups is 1. The van der Waals surface area contributed by atoms with Gasteiger partial charge in [0, 0.05) is 6.07 Å². The highest BCUT2D eigenvalue weighted by Gasteiger charge is 2.61. The van der Waals surface area contributed by atoms with E-state index in [2.05, 4.69) is 0 Å². The fraction of sp³-hybridized carbons (Fsp3) is 0.200. The van der Waals surface area contributed by atoms with Gasteiger partial charge in [-0.3, -0.25) is 24.5 Å². The summed E-state index contributed by atoms with van der Waals surface area (Å²) >= 11 is 0. The molecular formula is C25H21N3O6. The van der Waals surface area contributed by atoms with Crippen LogP contribution in [-0.2, 0) is 14.4 Å². The normalized spacial score (nSPS) is 21.6. The van der Waals surface area contributed by atoms with Crippen molar-refractivity contribution in [3.63, 3.8) is 0 Å². The standard InChI is InChI=1S/C25H21N3O6/c1-2-33-20-15-9-8-14-19(20)26-24(29)21-22(17-12-6-7-13-18(17)28(31)32)27(34-23(21)25(26)30)16-10-4-3-5-11-16/h3-15,21-23H,2H2,1H3/t21-,22+,23+/m1/s1. The van der Waals surface area contributed by atoms with Gasteiger partial charge < -0.3 is 4.74 Å². The number of amides is 2. The fourth-order valence-corrected chi connectivity index (χ4v) is 4.59. The lowest BCUT2D eigenvalue weighted by molar-refractivity contribution is -0.385. The topological polar surface area (TPSA) is 102 Å². The number of carbonyl (C=O) groups excluding carboxylic acids is 2. The number of benzene rings is 3. The van der Waals surface area contributed by atoms with E-state index in [0.717, 1.165) is 4.90 Å². The molecule has 5 rings (SSSR count). The minimum atomic E-state index is -1.13. The number of hydrogen-bond acceptors (Lipinski definition) is 7. The first-order valence-corrected chi connectivity index (χ1v) is 10.9. The van der Waals surface area contributed by atoms with Crippen LogP contribution in [0, 0.1) is 16.0 Å². The highest BCUT2D eigenvalue weighted by molar-refractivity contribution is 6.24. The second-order valence-corrected chi connectivity index (χ2v) is 7.89. The Morgan fingerprint density at radius 3 is 2.35 bits per heavy atom. The maximum atomic E-state index is 13.8. The first-order chi connectivity index (χ1) is 16.5. The minimum Gasteiger partial charge on any atom is -0.492 e. The number of nitrogens with zero attached hydrogens (tertiary/aromatic N) is 3. The molecule has 2 aliphatic rings. The summed E-state index contributed by atoms with van der Waals surface area (Å²) in [6.07, 6.45) is -1.13. The van der Waals surface area contributed by atoms with Gasteiger partial charge in [0.15, 0.2) is 6.10 Å². The summed E-state index contributed by atoms with van der Waals surface area (Å²) in [6.45, 7) is 2.17. The molecule has 2 heterocycles. The van der Waals surface area contributed by atoms with Gasteiger partial charge in [-0.1, -0.05) is 42.5 Å². The third kappa shape index (κ3) is 3.37. The average molecular weight is 459 g/mol. The Hall–Kier alpha value is -4.24. The molecule has 0 bridgehead atoms. The molecule has 3 aromatic carbocycles. The Kier molecular flexibility index (Phi) is 5.46. The number of hydrogen-bond donors (Lipinski definition) is 0. The minimum absolute atomic E-state index is 0.147. The summed E-state index contributed by atoms with van der Waals surface area (Å²) < 4.78 is 5.63. The maximum Gasteiger partial charge on any atom is 0.274 e. The van der Waals surface area contributed by atoms with E-state index >= 15 is 0 Å². The van der Waals surface area contributed by atoms with E-state index in [1.807, 2.05) is 13.0 Å². The molecule has 0 aliphatic carbocycles. The Morgan fingerprint density at radius 1 is 0.941 bits per heavy atom. The molecule has 172 valence electrons. The highest BCUT2D eigenvalue weighted by atomic mass is 16.7. The predicted octanol–water partition coefficient (Wildman–Crippen LogP) is 4.04. The first-order valence-electron chi connectivity index (χ1n) is 10.9. The van der Waals surface area contributed by atoms with E-state index in [1.165, 1.54) is 11.1 Å². The summed E-state index contributed by atoms with van der Waals surface area (Å²) in [7, 11) is 0. The Morgan fingerprint density at radius 2 is 1.62 bits per heavy atom. The molecule has 0 radical (unpaired) electrons. The van der Waals surface area contributed by atoms with E-state index < -0.39 is 34.8 Å². The van der Waals surface area contributed by atoms with E-state index in [0.29, 0.717) is 29.3 Å². The molecule has 9 nitrogen and oxygen atoms in total. The molecule has 2 aliphatic heterocycles. The van der Waals surface area contributed by atoms with Crippen molar-refractivity contribution in [2.45, 2.75) is 19.1 Å². The van der Waals surface area contributed by atoms with Crippen LogP contribution < -0.4 is 14.7 Å². The van der Waals surface area contributed by atoms with Crippen LogP contribution in [0.15, 0.2) is 78.9 Å². The van der Waals surface area contributed by atoms with Gasteiger partial charge in [-0.2, -0.15) is 0 Å². The number of nitro groups is 1. The van der Waals surface area contributed by atoms with Gasteiger partial charge in [0.2, 0.25) is 5.91 Å². The number of anilines is 2. The Balaban J connectivity index is 1.63. The van der Waals surface area contributed by atoms with Gasteiger partial charge in [0.1, 0.15) is 17.7 Å². The van der Waals surface area contributed by atoms with Crippen molar-refractivity contribution >= 4 is 28.9 Å². The number of fused-ring (bicyclic) bond motifs is 1. The number of carbonyl (C=O) groups is 2. The van der Waals surface area contributed by atoms with Crippen LogP contribution in [0.1, 0.15) is 18.5 Å². The number of para-hydroxylation sites is 4. The smallest absolute Gasteiger partial charge is 0.274 e. The molecule has 2 amide bonds. The Labute approximate surface area is 195 Å². The summed E-state index contributed by atoms with van der Waals surface area (Å²) in [5.74, 6) is -1.62. The molecule has 34 heavy (non-hydrogen) atoms. The maximum absolute atomic E-state index is 13.8. The van der Waals surface area contributed by atoms with Gasteiger partial charge in [0.05, 0.1) is 28.5 Å². The fourth-order valence-electron chi connectivity index (χ4n) is 4.59. The molecule has 2 fully saturated rings. The zero-order chi connectivity index (χ0) is 23.8. The van der Waals surface area contributed by atoms with E-state index in [9.17, 15) is 19.7 Å². The van der Waals surface area contributed by atoms with Crippen molar-refractivity contribution in [3.05, 3.63) is 94.5 Å². The number of nitro benzene ring substituents is 1. The van der Waals surface area contributed by atoms with Gasteiger partial charge >= 0.3 is 0 Å². The van der Waals surface area contributed by atoms with Crippen LogP contribution in [0.25, 0.3) is 0 Å². The van der Waals surface area contributed by atoms with Crippen LogP contribution >= 0.6 is 0 Å². The lowest BCUT2D eigenvalue weighted by Crippen LogP contribution is -2.37. The lowest BCUT2D eigenvalue weighted by atomic mass is 9.89. The SMILES string of the molecule is CCOc1ccccc1N1C(=O)[C@H]2[C@H](ON(c3ccccc3)[C@H]2c2ccccc2[N+](=O)[O-])C1=O. The lowest BCUT2D eigenvalue weighted by Gasteiger charge is -2.28. The van der Waals surface area contributed by atoms with Crippen LogP contribution in [0.3, 0.4) is 0 Å². The average Bonchev–Trinajstić information content (AvgIpc) is 3.36. The second-order valence-electron chi connectivity index (χ2n) is 7.89. The molecule has 0 aromatic heterocycles. The van der Waals surface area contributed by atoms with Crippen molar-refractivity contribution in [1.82, 2.24) is 0 Å². The number of ether oxygens (including phenoxy) is 1. The summed E-state index contributed by atoms with van der Waals surface area (Å²) in [5, 5.41) is 13.3. The van der Waals surface area contributed by atoms with E-state index in [1.54, 1.807) is 66.7 Å². The molecule has 3 atom stereocenters. The predicted molar refractivity (Wildman–Crippen MR) is 123 cm³/mol. The van der Waals surface area contributed by atoms with Crippen molar-refractivity contribution in [2.24, 2.45) is 5.92 Å². The quantitative estimate of drug-likeness (QED) is 0.311. The molecule has 3 aromatic rings.